The van der Waals surface area contributed by atoms with E-state index in [1.807, 2.05) is 36.5 Å². The number of benzene rings is 1. The van der Waals surface area contributed by atoms with E-state index in [0.29, 0.717) is 6.54 Å². The maximum Gasteiger partial charge on any atom is 0.261 e. The molecule has 0 saturated heterocycles. The molecule has 4 rings (SSSR count). The van der Waals surface area contributed by atoms with E-state index in [0.717, 1.165) is 48.2 Å². The molecule has 138 valence electrons. The van der Waals surface area contributed by atoms with Crippen LogP contribution in [0.2, 0.25) is 0 Å². The lowest BCUT2D eigenvalue weighted by molar-refractivity contribution is 0.0783. The summed E-state index contributed by atoms with van der Waals surface area (Å²) >= 11 is 0. The highest BCUT2D eigenvalue weighted by molar-refractivity contribution is 5.93. The van der Waals surface area contributed by atoms with E-state index in [9.17, 15) is 9.59 Å². The molecule has 0 aliphatic heterocycles. The topological polar surface area (TPSA) is 71.0 Å². The molecule has 0 unspecified atom stereocenters. The maximum atomic E-state index is 12.8. The Morgan fingerprint density at radius 3 is 2.74 bits per heavy atom. The van der Waals surface area contributed by atoms with E-state index in [1.54, 1.807) is 28.9 Å². The Balaban J connectivity index is 1.50. The first kappa shape index (κ1) is 17.3. The average Bonchev–Trinajstić information content (AvgIpc) is 3.22. The first-order valence-corrected chi connectivity index (χ1v) is 9.21. The Morgan fingerprint density at radius 1 is 1.22 bits per heavy atom. The van der Waals surface area contributed by atoms with Crippen molar-refractivity contribution in [2.45, 2.75) is 32.2 Å². The Morgan fingerprint density at radius 2 is 2.00 bits per heavy atom. The van der Waals surface area contributed by atoms with E-state index < -0.39 is 0 Å². The van der Waals surface area contributed by atoms with Gasteiger partial charge in [0.2, 0.25) is 0 Å². The van der Waals surface area contributed by atoms with Crippen molar-refractivity contribution in [3.63, 3.8) is 0 Å². The quantitative estimate of drug-likeness (QED) is 0.776. The summed E-state index contributed by atoms with van der Waals surface area (Å²) in [7, 11) is 1.72. The molecule has 2 heterocycles. The van der Waals surface area contributed by atoms with Crippen LogP contribution in [0.1, 0.15) is 40.0 Å². The number of nitrogens with zero attached hydrogens (tertiary/aromatic N) is 3. The Bertz CT molecular complexity index is 1000. The number of amides is 1. The van der Waals surface area contributed by atoms with Gasteiger partial charge in [0.05, 0.1) is 5.69 Å². The molecule has 1 aliphatic carbocycles. The van der Waals surface area contributed by atoms with Gasteiger partial charge in [0.1, 0.15) is 5.56 Å². The Labute approximate surface area is 157 Å². The fraction of sp³-hybridized carbons (Fsp3) is 0.286. The van der Waals surface area contributed by atoms with Gasteiger partial charge in [-0.15, -0.1) is 0 Å². The van der Waals surface area contributed by atoms with Gasteiger partial charge in [-0.2, -0.15) is 5.10 Å². The molecule has 3 aromatic rings. The minimum Gasteiger partial charge on any atom is -0.337 e. The van der Waals surface area contributed by atoms with Gasteiger partial charge >= 0.3 is 0 Å². The number of aryl methyl sites for hydroxylation is 2. The summed E-state index contributed by atoms with van der Waals surface area (Å²) < 4.78 is 1.78. The van der Waals surface area contributed by atoms with Crippen LogP contribution in [-0.2, 0) is 19.4 Å². The van der Waals surface area contributed by atoms with Crippen molar-refractivity contribution in [3.8, 4) is 5.69 Å². The second-order valence-corrected chi connectivity index (χ2v) is 7.00. The standard InChI is InChI=1S/C21H22N4O2/c1-24(14-15-7-9-17(10-8-15)25-12-4-11-22-25)21(27)18-13-16-5-2-3-6-19(16)23-20(18)26/h4,7-13H,2-3,5-6,14H2,1H3,(H,23,26). The second-order valence-electron chi connectivity index (χ2n) is 7.00. The fourth-order valence-corrected chi connectivity index (χ4v) is 3.56. The summed E-state index contributed by atoms with van der Waals surface area (Å²) in [5.41, 5.74) is 3.98. The van der Waals surface area contributed by atoms with Gasteiger partial charge in [-0.25, -0.2) is 4.68 Å². The number of carbonyl (C=O) groups excluding carboxylic acids is 1. The van der Waals surface area contributed by atoms with E-state index >= 15 is 0 Å². The van der Waals surface area contributed by atoms with Crippen molar-refractivity contribution in [1.29, 1.82) is 0 Å². The molecule has 0 saturated carbocycles. The third kappa shape index (κ3) is 3.56. The number of hydrogen-bond donors (Lipinski definition) is 1. The lowest BCUT2D eigenvalue weighted by atomic mass is 9.95. The van der Waals surface area contributed by atoms with Crippen molar-refractivity contribution in [2.75, 3.05) is 7.05 Å². The molecule has 0 spiro atoms. The summed E-state index contributed by atoms with van der Waals surface area (Å²) in [6, 6.07) is 11.5. The molecule has 1 aliphatic rings. The van der Waals surface area contributed by atoms with Crippen LogP contribution in [0.15, 0.2) is 53.6 Å². The highest BCUT2D eigenvalue weighted by Gasteiger charge is 2.20. The van der Waals surface area contributed by atoms with Crippen molar-refractivity contribution >= 4 is 5.91 Å². The van der Waals surface area contributed by atoms with Crippen LogP contribution < -0.4 is 5.56 Å². The third-order valence-corrected chi connectivity index (χ3v) is 5.04. The molecule has 0 fully saturated rings. The van der Waals surface area contributed by atoms with Crippen molar-refractivity contribution < 1.29 is 4.79 Å². The zero-order valence-corrected chi connectivity index (χ0v) is 15.3. The first-order chi connectivity index (χ1) is 13.1. The lowest BCUT2D eigenvalue weighted by Crippen LogP contribution is -2.32. The zero-order chi connectivity index (χ0) is 18.8. The Hall–Kier alpha value is -3.15. The molecule has 27 heavy (non-hydrogen) atoms. The number of aromatic nitrogens is 3. The van der Waals surface area contributed by atoms with Crippen LogP contribution in [0.3, 0.4) is 0 Å². The van der Waals surface area contributed by atoms with Gasteiger partial charge in [-0.05, 0) is 61.1 Å². The van der Waals surface area contributed by atoms with Gasteiger partial charge in [-0.1, -0.05) is 12.1 Å². The van der Waals surface area contributed by atoms with Gasteiger partial charge in [0.25, 0.3) is 11.5 Å². The SMILES string of the molecule is CN(Cc1ccc(-n2cccn2)cc1)C(=O)c1cc2c([nH]c1=O)CCCC2. The first-order valence-electron chi connectivity index (χ1n) is 9.21. The van der Waals surface area contributed by atoms with E-state index in [4.69, 9.17) is 0 Å². The monoisotopic (exact) mass is 362 g/mol. The number of H-pyrrole nitrogens is 1. The number of carbonyl (C=O) groups is 1. The van der Waals surface area contributed by atoms with Crippen LogP contribution in [-0.4, -0.2) is 32.6 Å². The second kappa shape index (κ2) is 7.23. The molecule has 2 aromatic heterocycles. The van der Waals surface area contributed by atoms with Gasteiger partial charge in [-0.3, -0.25) is 9.59 Å². The normalized spacial score (nSPS) is 13.2. The highest BCUT2D eigenvalue weighted by atomic mass is 16.2. The predicted octanol–water partition coefficient (Wildman–Crippen LogP) is 2.71. The van der Waals surface area contributed by atoms with Crippen LogP contribution >= 0.6 is 0 Å². The number of aromatic amines is 1. The predicted molar refractivity (Wildman–Crippen MR) is 103 cm³/mol. The maximum absolute atomic E-state index is 12.8. The molecular weight excluding hydrogens is 340 g/mol. The summed E-state index contributed by atoms with van der Waals surface area (Å²) in [6.07, 6.45) is 7.61. The smallest absolute Gasteiger partial charge is 0.261 e. The summed E-state index contributed by atoms with van der Waals surface area (Å²) in [4.78, 5) is 29.6. The Kier molecular flexibility index (Phi) is 4.62. The highest BCUT2D eigenvalue weighted by Crippen LogP contribution is 2.19. The molecule has 1 aromatic carbocycles. The van der Waals surface area contributed by atoms with E-state index in [-0.39, 0.29) is 17.0 Å². The van der Waals surface area contributed by atoms with E-state index in [1.165, 1.54) is 0 Å². The number of nitrogens with one attached hydrogen (secondary N) is 1. The number of rotatable bonds is 4. The van der Waals surface area contributed by atoms with Gasteiger partial charge in [0.15, 0.2) is 0 Å². The van der Waals surface area contributed by atoms with Gasteiger partial charge in [0, 0.05) is 31.7 Å². The van der Waals surface area contributed by atoms with Crippen molar-refractivity contribution in [1.82, 2.24) is 19.7 Å². The number of hydrogen-bond acceptors (Lipinski definition) is 3. The number of fused-ring (bicyclic) bond motifs is 1. The molecule has 1 N–H and O–H groups in total. The largest absolute Gasteiger partial charge is 0.337 e. The van der Waals surface area contributed by atoms with Gasteiger partial charge < -0.3 is 9.88 Å². The van der Waals surface area contributed by atoms with Crippen LogP contribution in [0.25, 0.3) is 5.69 Å². The van der Waals surface area contributed by atoms with Crippen LogP contribution in [0.5, 0.6) is 0 Å². The zero-order valence-electron chi connectivity index (χ0n) is 15.3. The van der Waals surface area contributed by atoms with Crippen molar-refractivity contribution in [3.05, 3.63) is 81.5 Å². The molecular formula is C21H22N4O2. The van der Waals surface area contributed by atoms with E-state index in [2.05, 4.69) is 10.1 Å². The molecule has 0 atom stereocenters. The van der Waals surface area contributed by atoms with Crippen molar-refractivity contribution in [2.24, 2.45) is 0 Å². The molecule has 1 amide bonds. The number of pyridine rings is 1. The average molecular weight is 362 g/mol. The minimum absolute atomic E-state index is 0.228. The van der Waals surface area contributed by atoms with Crippen LogP contribution in [0, 0.1) is 0 Å². The summed E-state index contributed by atoms with van der Waals surface area (Å²) in [6.45, 7) is 0.439. The summed E-state index contributed by atoms with van der Waals surface area (Å²) in [5.74, 6) is -0.249. The third-order valence-electron chi connectivity index (χ3n) is 5.04. The fourth-order valence-electron chi connectivity index (χ4n) is 3.56. The molecule has 6 heteroatoms. The molecule has 0 bridgehead atoms. The lowest BCUT2D eigenvalue weighted by Gasteiger charge is -2.20. The molecule has 0 radical (unpaired) electrons. The summed E-state index contributed by atoms with van der Waals surface area (Å²) in [5, 5.41) is 4.20. The van der Waals surface area contributed by atoms with Crippen LogP contribution in [0.4, 0.5) is 0 Å². The molecule has 6 nitrogen and oxygen atoms in total. The minimum atomic E-state index is -0.290.